The van der Waals surface area contributed by atoms with Gasteiger partial charge in [0.1, 0.15) is 0 Å². The van der Waals surface area contributed by atoms with Crippen molar-refractivity contribution in [2.75, 3.05) is 20.2 Å². The van der Waals surface area contributed by atoms with Crippen LogP contribution in [0.15, 0.2) is 60.7 Å². The molecule has 2 nitrogen and oxygen atoms in total. The van der Waals surface area contributed by atoms with Gasteiger partial charge in [-0.05, 0) is 63.3 Å². The zero-order valence-electron chi connectivity index (χ0n) is 16.1. The first-order valence-electron chi connectivity index (χ1n) is 9.93. The molecule has 0 saturated heterocycles. The first kappa shape index (κ1) is 19.5. The largest absolute Gasteiger partial charge is 0.396 e. The van der Waals surface area contributed by atoms with Gasteiger partial charge in [0.25, 0.3) is 0 Å². The summed E-state index contributed by atoms with van der Waals surface area (Å²) in [4.78, 5) is 2.46. The van der Waals surface area contributed by atoms with E-state index < -0.39 is 0 Å². The topological polar surface area (TPSA) is 23.5 Å². The third-order valence-electron chi connectivity index (χ3n) is 5.92. The summed E-state index contributed by atoms with van der Waals surface area (Å²) in [5.74, 6) is 0.727. The maximum atomic E-state index is 9.18. The molecule has 26 heavy (non-hydrogen) atoms. The predicted octanol–water partition coefficient (Wildman–Crippen LogP) is 3.99. The van der Waals surface area contributed by atoms with Crippen molar-refractivity contribution in [2.45, 2.75) is 44.3 Å². The van der Waals surface area contributed by atoms with Crippen LogP contribution in [-0.4, -0.2) is 41.9 Å². The van der Waals surface area contributed by atoms with Crippen LogP contribution in [0.5, 0.6) is 0 Å². The third-order valence-corrected chi connectivity index (χ3v) is 8.93. The Morgan fingerprint density at radius 3 is 2.12 bits per heavy atom. The van der Waals surface area contributed by atoms with Gasteiger partial charge in [0.2, 0.25) is 0 Å². The molecule has 0 amide bonds. The van der Waals surface area contributed by atoms with E-state index in [1.54, 1.807) is 0 Å². The number of hydrogen-bond acceptors (Lipinski definition) is 2. The van der Waals surface area contributed by atoms with Gasteiger partial charge in [0.15, 0.2) is 0 Å². The first-order valence-corrected chi connectivity index (χ1v) is 11.3. The standard InChI is InChI=1S/C23H32NOP/c1-19(24(2)17-10-18-25)22-15-9-16-23(22)26(20-11-5-3-6-12-20)21-13-7-4-8-14-21/h3-8,11-14,19,22-23,25H,9-10,15-18H2,1-2H3/t19-,22?,23?/m1/s1. The Morgan fingerprint density at radius 1 is 1.00 bits per heavy atom. The lowest BCUT2D eigenvalue weighted by Crippen LogP contribution is -2.40. The highest BCUT2D eigenvalue weighted by Crippen LogP contribution is 2.51. The zero-order chi connectivity index (χ0) is 18.4. The van der Waals surface area contributed by atoms with Gasteiger partial charge in [0, 0.05) is 19.2 Å². The molecule has 0 aliphatic heterocycles. The summed E-state index contributed by atoms with van der Waals surface area (Å²) in [6.07, 6.45) is 4.86. The molecule has 1 fully saturated rings. The summed E-state index contributed by atoms with van der Waals surface area (Å²) >= 11 is 0. The van der Waals surface area contributed by atoms with Gasteiger partial charge in [0.05, 0.1) is 0 Å². The minimum absolute atomic E-state index is 0.284. The molecule has 0 radical (unpaired) electrons. The fourth-order valence-corrected chi connectivity index (χ4v) is 7.68. The fraction of sp³-hybridized carbons (Fsp3) is 0.478. The van der Waals surface area contributed by atoms with E-state index >= 15 is 0 Å². The molecule has 3 heteroatoms. The number of aliphatic hydroxyl groups excluding tert-OH is 1. The van der Waals surface area contributed by atoms with Crippen LogP contribution in [0.25, 0.3) is 0 Å². The highest BCUT2D eigenvalue weighted by molar-refractivity contribution is 7.73. The van der Waals surface area contributed by atoms with Crippen LogP contribution in [-0.2, 0) is 0 Å². The van der Waals surface area contributed by atoms with Gasteiger partial charge < -0.3 is 10.0 Å². The maximum absolute atomic E-state index is 9.18. The van der Waals surface area contributed by atoms with E-state index in [1.165, 1.54) is 29.9 Å². The Morgan fingerprint density at radius 2 is 1.58 bits per heavy atom. The number of hydrogen-bond donors (Lipinski definition) is 1. The highest BCUT2D eigenvalue weighted by Gasteiger charge is 2.38. The lowest BCUT2D eigenvalue weighted by molar-refractivity contribution is 0.174. The Labute approximate surface area is 160 Å². The lowest BCUT2D eigenvalue weighted by atomic mass is 9.98. The van der Waals surface area contributed by atoms with Crippen molar-refractivity contribution < 1.29 is 5.11 Å². The van der Waals surface area contributed by atoms with Crippen LogP contribution in [0, 0.1) is 5.92 Å². The minimum atomic E-state index is -0.337. The van der Waals surface area contributed by atoms with E-state index in [-0.39, 0.29) is 14.5 Å². The number of benzene rings is 2. The highest BCUT2D eigenvalue weighted by atomic mass is 31.1. The SMILES string of the molecule is C[C@H](C1CCCC1P(c1ccccc1)c1ccccc1)N(C)CCCO. The lowest BCUT2D eigenvalue weighted by Gasteiger charge is -2.37. The van der Waals surface area contributed by atoms with Crippen LogP contribution < -0.4 is 10.6 Å². The number of nitrogens with zero attached hydrogens (tertiary/aromatic N) is 1. The minimum Gasteiger partial charge on any atom is -0.396 e. The van der Waals surface area contributed by atoms with Crippen LogP contribution in [0.2, 0.25) is 0 Å². The summed E-state index contributed by atoms with van der Waals surface area (Å²) in [6, 6.07) is 22.9. The smallest absolute Gasteiger partial charge is 0.0443 e. The Kier molecular flexibility index (Phi) is 7.25. The summed E-state index contributed by atoms with van der Waals surface area (Å²) in [5.41, 5.74) is 0.737. The van der Waals surface area contributed by atoms with Crippen LogP contribution in [0.4, 0.5) is 0 Å². The van der Waals surface area contributed by atoms with E-state index in [4.69, 9.17) is 0 Å². The molecular weight excluding hydrogens is 337 g/mol. The van der Waals surface area contributed by atoms with Gasteiger partial charge in [-0.3, -0.25) is 0 Å². The van der Waals surface area contributed by atoms with Gasteiger partial charge in [-0.1, -0.05) is 67.1 Å². The van der Waals surface area contributed by atoms with E-state index in [2.05, 4.69) is 79.5 Å². The molecule has 2 aromatic rings. The van der Waals surface area contributed by atoms with E-state index in [0.29, 0.717) is 6.04 Å². The zero-order valence-corrected chi connectivity index (χ0v) is 17.0. The molecule has 2 aromatic carbocycles. The first-order chi connectivity index (χ1) is 12.7. The molecular formula is C23H32NOP. The van der Waals surface area contributed by atoms with Gasteiger partial charge in [-0.2, -0.15) is 0 Å². The maximum Gasteiger partial charge on any atom is 0.0443 e. The van der Waals surface area contributed by atoms with E-state index in [1.807, 2.05) is 0 Å². The van der Waals surface area contributed by atoms with E-state index in [0.717, 1.165) is 24.5 Å². The van der Waals surface area contributed by atoms with Crippen molar-refractivity contribution in [3.8, 4) is 0 Å². The van der Waals surface area contributed by atoms with Crippen molar-refractivity contribution in [3.63, 3.8) is 0 Å². The summed E-state index contributed by atoms with van der Waals surface area (Å²) in [7, 11) is 1.89. The van der Waals surface area contributed by atoms with Gasteiger partial charge in [-0.25, -0.2) is 0 Å². The molecule has 1 aliphatic rings. The Hall–Kier alpha value is -1.21. The molecule has 3 atom stereocenters. The van der Waals surface area contributed by atoms with Crippen molar-refractivity contribution in [2.24, 2.45) is 5.92 Å². The summed E-state index contributed by atoms with van der Waals surface area (Å²) in [6.45, 7) is 3.66. The van der Waals surface area contributed by atoms with Crippen LogP contribution in [0.1, 0.15) is 32.6 Å². The summed E-state index contributed by atoms with van der Waals surface area (Å²) in [5, 5.41) is 12.2. The molecule has 1 N–H and O–H groups in total. The molecule has 0 heterocycles. The second kappa shape index (κ2) is 9.65. The second-order valence-electron chi connectivity index (χ2n) is 7.50. The summed E-state index contributed by atoms with van der Waals surface area (Å²) < 4.78 is 0. The predicted molar refractivity (Wildman–Crippen MR) is 114 cm³/mol. The molecule has 0 bridgehead atoms. The fourth-order valence-electron chi connectivity index (χ4n) is 4.41. The average Bonchev–Trinajstić information content (AvgIpc) is 3.16. The molecule has 3 rings (SSSR count). The van der Waals surface area contributed by atoms with Crippen molar-refractivity contribution in [1.29, 1.82) is 0 Å². The Balaban J connectivity index is 1.88. The quantitative estimate of drug-likeness (QED) is 0.711. The monoisotopic (exact) mass is 369 g/mol. The average molecular weight is 369 g/mol. The van der Waals surface area contributed by atoms with E-state index in [9.17, 15) is 5.11 Å². The molecule has 0 spiro atoms. The van der Waals surface area contributed by atoms with Crippen LogP contribution in [0.3, 0.4) is 0 Å². The molecule has 0 aromatic heterocycles. The van der Waals surface area contributed by atoms with Gasteiger partial charge in [-0.15, -0.1) is 0 Å². The van der Waals surface area contributed by atoms with Crippen LogP contribution >= 0.6 is 7.92 Å². The molecule has 140 valence electrons. The third kappa shape index (κ3) is 4.55. The number of rotatable bonds is 8. The second-order valence-corrected chi connectivity index (χ2v) is 9.94. The normalized spacial score (nSPS) is 21.4. The number of aliphatic hydroxyl groups is 1. The molecule has 1 aliphatic carbocycles. The van der Waals surface area contributed by atoms with Crippen molar-refractivity contribution >= 4 is 18.5 Å². The molecule has 2 unspecified atom stereocenters. The van der Waals surface area contributed by atoms with Crippen molar-refractivity contribution in [3.05, 3.63) is 60.7 Å². The molecule has 1 saturated carbocycles. The van der Waals surface area contributed by atoms with Gasteiger partial charge >= 0.3 is 0 Å². The van der Waals surface area contributed by atoms with Crippen molar-refractivity contribution in [1.82, 2.24) is 4.90 Å². The Bertz CT molecular complexity index is 608.